The number of rotatable bonds is 6. The van der Waals surface area contributed by atoms with Crippen LogP contribution in [0.15, 0.2) is 30.7 Å². The van der Waals surface area contributed by atoms with E-state index in [1.807, 2.05) is 34.0 Å². The van der Waals surface area contributed by atoms with Crippen molar-refractivity contribution in [2.24, 2.45) is 5.92 Å². The molecule has 0 spiro atoms. The molecular weight excluding hydrogens is 370 g/mol. The molecule has 29 heavy (non-hydrogen) atoms. The Bertz CT molecular complexity index is 912. The summed E-state index contributed by atoms with van der Waals surface area (Å²) in [5.41, 5.74) is 1.03. The first-order valence-corrected chi connectivity index (χ1v) is 10.3. The summed E-state index contributed by atoms with van der Waals surface area (Å²) < 4.78 is 2.05. The van der Waals surface area contributed by atoms with E-state index in [0.717, 1.165) is 23.7 Å². The third kappa shape index (κ3) is 4.41. The first-order chi connectivity index (χ1) is 14.0. The zero-order valence-corrected chi connectivity index (χ0v) is 16.7. The molecule has 1 N–H and O–H groups in total. The highest BCUT2D eigenvalue weighted by atomic mass is 16.2. The average molecular weight is 397 g/mol. The van der Waals surface area contributed by atoms with Crippen LogP contribution in [0.5, 0.6) is 0 Å². The Morgan fingerprint density at radius 1 is 1.14 bits per heavy atom. The number of nitrogens with zero attached hydrogens (tertiary/aromatic N) is 4. The molecule has 0 aromatic carbocycles. The predicted octanol–water partition coefficient (Wildman–Crippen LogP) is 1.01. The van der Waals surface area contributed by atoms with E-state index in [9.17, 15) is 14.4 Å². The molecule has 2 fully saturated rings. The topological polar surface area (TPSA) is 87.5 Å². The second-order valence-corrected chi connectivity index (χ2v) is 7.90. The van der Waals surface area contributed by atoms with Crippen molar-refractivity contribution in [2.45, 2.75) is 38.8 Å². The van der Waals surface area contributed by atoms with Crippen LogP contribution >= 0.6 is 0 Å². The highest BCUT2D eigenvalue weighted by Gasteiger charge is 2.33. The number of pyridine rings is 1. The molecule has 2 aliphatic rings. The first-order valence-electron chi connectivity index (χ1n) is 10.3. The average Bonchev–Trinajstić information content (AvgIpc) is 3.52. The van der Waals surface area contributed by atoms with E-state index in [0.29, 0.717) is 39.1 Å². The lowest BCUT2D eigenvalue weighted by atomic mass is 10.2. The number of amides is 3. The normalized spacial score (nSPS) is 18.0. The molecule has 1 saturated heterocycles. The summed E-state index contributed by atoms with van der Waals surface area (Å²) >= 11 is 0. The summed E-state index contributed by atoms with van der Waals surface area (Å²) in [6, 6.07) is 3.47. The number of piperazine rings is 1. The minimum Gasteiger partial charge on any atom is -0.346 e. The van der Waals surface area contributed by atoms with E-state index >= 15 is 0 Å². The summed E-state index contributed by atoms with van der Waals surface area (Å²) in [5.74, 6) is 0.0932. The lowest BCUT2D eigenvalue weighted by Crippen LogP contribution is -2.55. The van der Waals surface area contributed by atoms with Crippen LogP contribution in [0.2, 0.25) is 0 Å². The maximum absolute atomic E-state index is 12.6. The number of hydrogen-bond acceptors (Lipinski definition) is 4. The van der Waals surface area contributed by atoms with Crippen molar-refractivity contribution >= 4 is 28.6 Å². The predicted molar refractivity (Wildman–Crippen MR) is 108 cm³/mol. The molecule has 1 aliphatic heterocycles. The van der Waals surface area contributed by atoms with Crippen LogP contribution in [0.1, 0.15) is 26.2 Å². The number of carbonyl (C=O) groups excluding carboxylic acids is 3. The number of nitrogens with one attached hydrogen (secondary N) is 1. The molecule has 0 unspecified atom stereocenters. The van der Waals surface area contributed by atoms with Gasteiger partial charge in [-0.3, -0.25) is 19.4 Å². The quantitative estimate of drug-likeness (QED) is 0.788. The van der Waals surface area contributed by atoms with Crippen molar-refractivity contribution in [2.75, 3.05) is 26.2 Å². The Labute approximate surface area is 169 Å². The highest BCUT2D eigenvalue weighted by molar-refractivity contribution is 5.89. The van der Waals surface area contributed by atoms with Gasteiger partial charge in [-0.2, -0.15) is 0 Å². The number of aryl methyl sites for hydroxylation is 1. The van der Waals surface area contributed by atoms with Crippen LogP contribution in [0.25, 0.3) is 10.9 Å². The lowest BCUT2D eigenvalue weighted by molar-refractivity contribution is -0.141. The highest BCUT2D eigenvalue weighted by Crippen LogP contribution is 2.28. The van der Waals surface area contributed by atoms with Gasteiger partial charge in [0.15, 0.2) is 0 Å². The minimum absolute atomic E-state index is 0.0209. The summed E-state index contributed by atoms with van der Waals surface area (Å²) in [7, 11) is 0. The molecule has 2 aromatic heterocycles. The number of carbonyl (C=O) groups is 3. The van der Waals surface area contributed by atoms with Crippen LogP contribution in [0, 0.1) is 5.92 Å². The summed E-state index contributed by atoms with van der Waals surface area (Å²) in [5, 5.41) is 3.92. The van der Waals surface area contributed by atoms with E-state index in [-0.39, 0.29) is 23.6 Å². The van der Waals surface area contributed by atoms with E-state index in [1.165, 1.54) is 0 Å². The molecule has 4 rings (SSSR count). The van der Waals surface area contributed by atoms with Crippen LogP contribution in [-0.4, -0.2) is 69.3 Å². The summed E-state index contributed by atoms with van der Waals surface area (Å²) in [6.45, 7) is 4.41. The maximum Gasteiger partial charge on any atom is 0.244 e. The van der Waals surface area contributed by atoms with E-state index in [2.05, 4.69) is 10.3 Å². The molecule has 1 atom stereocenters. The van der Waals surface area contributed by atoms with Crippen molar-refractivity contribution in [3.8, 4) is 0 Å². The molecule has 2 aromatic rings. The third-order valence-corrected chi connectivity index (χ3v) is 5.76. The van der Waals surface area contributed by atoms with Crippen molar-refractivity contribution in [1.29, 1.82) is 0 Å². The van der Waals surface area contributed by atoms with Crippen LogP contribution in [0.4, 0.5) is 0 Å². The van der Waals surface area contributed by atoms with Gasteiger partial charge in [-0.1, -0.05) is 0 Å². The van der Waals surface area contributed by atoms with Crippen LogP contribution in [-0.2, 0) is 20.9 Å². The molecule has 1 saturated carbocycles. The monoisotopic (exact) mass is 397 g/mol. The van der Waals surface area contributed by atoms with E-state index in [4.69, 9.17) is 0 Å². The second kappa shape index (κ2) is 8.23. The van der Waals surface area contributed by atoms with Gasteiger partial charge in [0, 0.05) is 62.8 Å². The van der Waals surface area contributed by atoms with Gasteiger partial charge < -0.3 is 19.7 Å². The van der Waals surface area contributed by atoms with Crippen molar-refractivity contribution in [3.05, 3.63) is 30.7 Å². The fourth-order valence-corrected chi connectivity index (χ4v) is 3.79. The molecule has 8 heteroatoms. The molecule has 3 amide bonds. The Hall–Kier alpha value is -2.90. The van der Waals surface area contributed by atoms with Crippen LogP contribution in [0.3, 0.4) is 0 Å². The minimum atomic E-state index is -0.513. The maximum atomic E-state index is 12.6. The Morgan fingerprint density at radius 3 is 2.59 bits per heavy atom. The second-order valence-electron chi connectivity index (χ2n) is 7.90. The molecule has 154 valence electrons. The van der Waals surface area contributed by atoms with Gasteiger partial charge in [0.1, 0.15) is 6.04 Å². The zero-order valence-electron chi connectivity index (χ0n) is 16.7. The van der Waals surface area contributed by atoms with Crippen molar-refractivity contribution in [3.63, 3.8) is 0 Å². The van der Waals surface area contributed by atoms with Gasteiger partial charge in [-0.05, 0) is 31.9 Å². The van der Waals surface area contributed by atoms with E-state index in [1.54, 1.807) is 18.0 Å². The number of hydrogen-bond donors (Lipinski definition) is 1. The Morgan fingerprint density at radius 2 is 1.86 bits per heavy atom. The Balaban J connectivity index is 1.24. The first kappa shape index (κ1) is 19.4. The lowest BCUT2D eigenvalue weighted by Gasteiger charge is -2.36. The molecule has 3 heterocycles. The van der Waals surface area contributed by atoms with Crippen molar-refractivity contribution in [1.82, 2.24) is 24.7 Å². The van der Waals surface area contributed by atoms with Gasteiger partial charge in [-0.15, -0.1) is 0 Å². The largest absolute Gasteiger partial charge is 0.346 e. The smallest absolute Gasteiger partial charge is 0.244 e. The standard InChI is InChI=1S/C21H27N5O3/c1-15(23-20(28)17-2-3-17)21(29)26-12-10-25(11-13-26)19(27)6-9-24-8-5-16-4-7-22-14-18(16)24/h4-5,7-8,14-15,17H,2-3,6,9-13H2,1H3,(H,23,28)/t15-/m1/s1. The van der Waals surface area contributed by atoms with Gasteiger partial charge in [-0.25, -0.2) is 0 Å². The van der Waals surface area contributed by atoms with Gasteiger partial charge >= 0.3 is 0 Å². The summed E-state index contributed by atoms with van der Waals surface area (Å²) in [6.07, 6.45) is 7.81. The molecule has 0 radical (unpaired) electrons. The van der Waals surface area contributed by atoms with Gasteiger partial charge in [0.2, 0.25) is 17.7 Å². The number of aromatic nitrogens is 2. The zero-order chi connectivity index (χ0) is 20.4. The summed E-state index contributed by atoms with van der Waals surface area (Å²) in [4.78, 5) is 44.7. The van der Waals surface area contributed by atoms with E-state index < -0.39 is 6.04 Å². The fraction of sp³-hybridized carbons (Fsp3) is 0.524. The van der Waals surface area contributed by atoms with Gasteiger partial charge in [0.25, 0.3) is 0 Å². The fourth-order valence-electron chi connectivity index (χ4n) is 3.79. The van der Waals surface area contributed by atoms with Gasteiger partial charge in [0.05, 0.1) is 11.7 Å². The van der Waals surface area contributed by atoms with Crippen LogP contribution < -0.4 is 5.32 Å². The third-order valence-electron chi connectivity index (χ3n) is 5.76. The molecule has 0 bridgehead atoms. The van der Waals surface area contributed by atoms with Crippen molar-refractivity contribution < 1.29 is 14.4 Å². The molecular formula is C21H27N5O3. The SMILES string of the molecule is C[C@@H](NC(=O)C1CC1)C(=O)N1CCN(C(=O)CCn2ccc3ccncc32)CC1. The Kier molecular flexibility index (Phi) is 5.51. The number of fused-ring (bicyclic) bond motifs is 1. The molecule has 1 aliphatic carbocycles. The molecule has 8 nitrogen and oxygen atoms in total.